The smallest absolute Gasteiger partial charge is 0.220 e. The number of nitrogens with one attached hydrogen (secondary N) is 2. The van der Waals surface area contributed by atoms with Crippen molar-refractivity contribution < 1.29 is 28.2 Å². The standard InChI is InChI=1S/C25H29FN2O5/c1-31-18-7-6-17(20(26)14-18)15-25(12-9-24(30)28-25)11-8-23(29)27-13-10-19-16-32-21-4-2-3-5-22(21)33-19/h2-7,14,19H,8-13,15-16H2,1H3,(H,27,29)(H,28,30)/t19-,25-/m0/s1. The molecule has 0 bridgehead atoms. The Bertz CT molecular complexity index is 1010. The molecule has 2 N–H and O–H groups in total. The lowest BCUT2D eigenvalue weighted by molar-refractivity contribution is -0.122. The molecule has 0 saturated carbocycles. The van der Waals surface area contributed by atoms with Crippen LogP contribution in [0.4, 0.5) is 4.39 Å². The largest absolute Gasteiger partial charge is 0.497 e. The van der Waals surface area contributed by atoms with Gasteiger partial charge in [0.2, 0.25) is 11.8 Å². The Morgan fingerprint density at radius 2 is 2.09 bits per heavy atom. The maximum Gasteiger partial charge on any atom is 0.220 e. The molecule has 0 radical (unpaired) electrons. The molecule has 2 aliphatic rings. The van der Waals surface area contributed by atoms with Gasteiger partial charge in [-0.15, -0.1) is 0 Å². The van der Waals surface area contributed by atoms with E-state index in [0.717, 1.165) is 5.75 Å². The van der Waals surface area contributed by atoms with Crippen LogP contribution in [0, 0.1) is 5.82 Å². The van der Waals surface area contributed by atoms with Gasteiger partial charge in [-0.25, -0.2) is 4.39 Å². The van der Waals surface area contributed by atoms with E-state index in [0.29, 0.717) is 62.3 Å². The third-order valence-electron chi connectivity index (χ3n) is 6.21. The van der Waals surface area contributed by atoms with E-state index in [4.69, 9.17) is 14.2 Å². The summed E-state index contributed by atoms with van der Waals surface area (Å²) in [6.07, 6.45) is 2.44. The van der Waals surface area contributed by atoms with Crippen LogP contribution in [-0.4, -0.2) is 43.7 Å². The fourth-order valence-corrected chi connectivity index (χ4v) is 4.36. The molecule has 0 unspecified atom stereocenters. The lowest BCUT2D eigenvalue weighted by Crippen LogP contribution is -2.45. The molecular weight excluding hydrogens is 427 g/mol. The SMILES string of the molecule is COc1ccc(C[C@]2(CCC(=O)NCC[C@H]3COc4ccccc4O3)CCC(=O)N2)c(F)c1. The van der Waals surface area contributed by atoms with E-state index in [1.165, 1.54) is 13.2 Å². The van der Waals surface area contributed by atoms with Crippen LogP contribution in [0.3, 0.4) is 0 Å². The van der Waals surface area contributed by atoms with E-state index >= 15 is 0 Å². The van der Waals surface area contributed by atoms with Crippen molar-refractivity contribution in [3.63, 3.8) is 0 Å². The van der Waals surface area contributed by atoms with Crippen LogP contribution in [0.1, 0.15) is 37.7 Å². The van der Waals surface area contributed by atoms with Crippen LogP contribution in [-0.2, 0) is 16.0 Å². The van der Waals surface area contributed by atoms with E-state index in [1.807, 2.05) is 24.3 Å². The monoisotopic (exact) mass is 456 g/mol. The van der Waals surface area contributed by atoms with E-state index in [9.17, 15) is 14.0 Å². The number of para-hydroxylation sites is 2. The molecule has 8 heteroatoms. The third-order valence-corrected chi connectivity index (χ3v) is 6.21. The number of carbonyl (C=O) groups excluding carboxylic acids is 2. The van der Waals surface area contributed by atoms with Crippen LogP contribution >= 0.6 is 0 Å². The number of ether oxygens (including phenoxy) is 3. The van der Waals surface area contributed by atoms with Crippen molar-refractivity contribution in [2.24, 2.45) is 0 Å². The number of amides is 2. The minimum absolute atomic E-state index is 0.0703. The number of halogens is 1. The minimum atomic E-state index is -0.631. The molecule has 1 saturated heterocycles. The first kappa shape index (κ1) is 22.9. The van der Waals surface area contributed by atoms with Crippen molar-refractivity contribution in [2.75, 3.05) is 20.3 Å². The Hall–Kier alpha value is -3.29. The first-order valence-electron chi connectivity index (χ1n) is 11.2. The van der Waals surface area contributed by atoms with Gasteiger partial charge in [0.25, 0.3) is 0 Å². The Morgan fingerprint density at radius 1 is 1.27 bits per heavy atom. The Kier molecular flexibility index (Phi) is 7.01. The van der Waals surface area contributed by atoms with Crippen LogP contribution in [0.5, 0.6) is 17.2 Å². The highest BCUT2D eigenvalue weighted by Crippen LogP contribution is 2.32. The normalized spacial score (nSPS) is 21.4. The van der Waals surface area contributed by atoms with Crippen molar-refractivity contribution in [2.45, 2.75) is 50.2 Å². The van der Waals surface area contributed by atoms with Gasteiger partial charge in [-0.2, -0.15) is 0 Å². The summed E-state index contributed by atoms with van der Waals surface area (Å²) in [5.74, 6) is 1.33. The summed E-state index contributed by atoms with van der Waals surface area (Å²) in [5.41, 5.74) is -0.137. The predicted octanol–water partition coefficient (Wildman–Crippen LogP) is 3.15. The zero-order chi connectivity index (χ0) is 23.3. The van der Waals surface area contributed by atoms with Crippen LogP contribution in [0.2, 0.25) is 0 Å². The fraction of sp³-hybridized carbons (Fsp3) is 0.440. The number of fused-ring (bicyclic) bond motifs is 1. The van der Waals surface area contributed by atoms with Gasteiger partial charge in [-0.3, -0.25) is 9.59 Å². The quantitative estimate of drug-likeness (QED) is 0.606. The Labute approximate surface area is 192 Å². The maximum atomic E-state index is 14.5. The van der Waals surface area contributed by atoms with Gasteiger partial charge in [0, 0.05) is 37.4 Å². The zero-order valence-corrected chi connectivity index (χ0v) is 18.7. The van der Waals surface area contributed by atoms with Gasteiger partial charge < -0.3 is 24.8 Å². The third kappa shape index (κ3) is 5.74. The molecular formula is C25H29FN2O5. The lowest BCUT2D eigenvalue weighted by Gasteiger charge is -2.29. The predicted molar refractivity (Wildman–Crippen MR) is 120 cm³/mol. The number of carbonyl (C=O) groups is 2. The molecule has 0 aliphatic carbocycles. The molecule has 2 amide bonds. The van der Waals surface area contributed by atoms with E-state index < -0.39 is 5.54 Å². The molecule has 176 valence electrons. The first-order chi connectivity index (χ1) is 16.0. The molecule has 2 aromatic rings. The summed E-state index contributed by atoms with van der Waals surface area (Å²) >= 11 is 0. The Morgan fingerprint density at radius 3 is 2.82 bits per heavy atom. The lowest BCUT2D eigenvalue weighted by atomic mass is 9.84. The second-order valence-electron chi connectivity index (χ2n) is 8.60. The molecule has 2 aromatic carbocycles. The fourth-order valence-electron chi connectivity index (χ4n) is 4.36. The van der Waals surface area contributed by atoms with Crippen molar-refractivity contribution in [1.82, 2.24) is 10.6 Å². The molecule has 2 aliphatic heterocycles. The molecule has 2 heterocycles. The van der Waals surface area contributed by atoms with Crippen molar-refractivity contribution >= 4 is 11.8 Å². The van der Waals surface area contributed by atoms with Gasteiger partial charge in [0.15, 0.2) is 11.5 Å². The number of hydrogen-bond acceptors (Lipinski definition) is 5. The Balaban J connectivity index is 1.27. The van der Waals surface area contributed by atoms with E-state index in [1.54, 1.807) is 12.1 Å². The van der Waals surface area contributed by atoms with E-state index in [2.05, 4.69) is 10.6 Å². The number of rotatable bonds is 9. The molecule has 7 nitrogen and oxygen atoms in total. The highest BCUT2D eigenvalue weighted by atomic mass is 19.1. The second-order valence-corrected chi connectivity index (χ2v) is 8.60. The topological polar surface area (TPSA) is 85.9 Å². The first-order valence-corrected chi connectivity index (χ1v) is 11.2. The summed E-state index contributed by atoms with van der Waals surface area (Å²) in [6, 6.07) is 12.2. The summed E-state index contributed by atoms with van der Waals surface area (Å²) in [4.78, 5) is 24.4. The molecule has 1 fully saturated rings. The zero-order valence-electron chi connectivity index (χ0n) is 18.7. The van der Waals surface area contributed by atoms with Gasteiger partial charge >= 0.3 is 0 Å². The molecule has 2 atom stereocenters. The van der Waals surface area contributed by atoms with Crippen LogP contribution < -0.4 is 24.8 Å². The molecule has 0 spiro atoms. The average Bonchev–Trinajstić information content (AvgIpc) is 3.19. The molecule has 33 heavy (non-hydrogen) atoms. The molecule has 4 rings (SSSR count). The molecule has 0 aromatic heterocycles. The minimum Gasteiger partial charge on any atom is -0.497 e. The van der Waals surface area contributed by atoms with Gasteiger partial charge in [0.1, 0.15) is 24.3 Å². The number of hydrogen-bond donors (Lipinski definition) is 2. The number of methoxy groups -OCH3 is 1. The van der Waals surface area contributed by atoms with Crippen LogP contribution in [0.25, 0.3) is 0 Å². The van der Waals surface area contributed by atoms with Gasteiger partial charge in [0.05, 0.1) is 7.11 Å². The summed E-state index contributed by atoms with van der Waals surface area (Å²) in [6.45, 7) is 0.900. The highest BCUT2D eigenvalue weighted by molar-refractivity contribution is 5.80. The summed E-state index contributed by atoms with van der Waals surface area (Å²) < 4.78 is 31.2. The van der Waals surface area contributed by atoms with E-state index in [-0.39, 0.29) is 30.2 Å². The van der Waals surface area contributed by atoms with Crippen molar-refractivity contribution in [3.05, 3.63) is 53.8 Å². The average molecular weight is 457 g/mol. The maximum absolute atomic E-state index is 14.5. The van der Waals surface area contributed by atoms with Crippen molar-refractivity contribution in [3.8, 4) is 17.2 Å². The summed E-state index contributed by atoms with van der Waals surface area (Å²) in [5, 5.41) is 5.91. The van der Waals surface area contributed by atoms with Gasteiger partial charge in [-0.05, 0) is 43.0 Å². The van der Waals surface area contributed by atoms with Gasteiger partial charge in [-0.1, -0.05) is 18.2 Å². The summed E-state index contributed by atoms with van der Waals surface area (Å²) in [7, 11) is 1.48. The second kappa shape index (κ2) is 10.1. The highest BCUT2D eigenvalue weighted by Gasteiger charge is 2.38. The number of benzene rings is 2. The van der Waals surface area contributed by atoms with Crippen LogP contribution in [0.15, 0.2) is 42.5 Å². The van der Waals surface area contributed by atoms with Crippen molar-refractivity contribution in [1.29, 1.82) is 0 Å².